The quantitative estimate of drug-likeness (QED) is 0.798. The molecule has 3 heterocycles. The molecule has 1 fully saturated rings. The Morgan fingerprint density at radius 1 is 1.25 bits per heavy atom. The monoisotopic (exact) mass is 330 g/mol. The second kappa shape index (κ2) is 6.07. The summed E-state index contributed by atoms with van der Waals surface area (Å²) in [5.41, 5.74) is 2.53. The second-order valence-electron chi connectivity index (χ2n) is 7.60. The summed E-state index contributed by atoms with van der Waals surface area (Å²) in [6.07, 6.45) is 2.64. The van der Waals surface area contributed by atoms with Crippen molar-refractivity contribution < 1.29 is 9.53 Å². The van der Waals surface area contributed by atoms with Gasteiger partial charge in [-0.2, -0.15) is 0 Å². The van der Waals surface area contributed by atoms with E-state index in [0.29, 0.717) is 12.4 Å². The average Bonchev–Trinajstić information content (AvgIpc) is 2.89. The molecule has 0 aromatic carbocycles. The van der Waals surface area contributed by atoms with Crippen molar-refractivity contribution in [3.8, 4) is 0 Å². The molecule has 2 aromatic heterocycles. The number of fused-ring (bicyclic) bond motifs is 1. The molecule has 1 amide bonds. The van der Waals surface area contributed by atoms with Crippen LogP contribution in [0.3, 0.4) is 0 Å². The van der Waals surface area contributed by atoms with E-state index in [1.165, 1.54) is 0 Å². The lowest BCUT2D eigenvalue weighted by Gasteiger charge is -2.35. The Balaban J connectivity index is 1.93. The van der Waals surface area contributed by atoms with E-state index >= 15 is 0 Å². The first-order chi connectivity index (χ1) is 11.2. The van der Waals surface area contributed by atoms with Gasteiger partial charge in [-0.25, -0.2) is 14.3 Å². The van der Waals surface area contributed by atoms with Crippen LogP contribution in [0.2, 0.25) is 0 Å². The van der Waals surface area contributed by atoms with Crippen molar-refractivity contribution in [2.45, 2.75) is 65.5 Å². The number of nitrogens with zero attached hydrogens (tertiary/aromatic N) is 4. The van der Waals surface area contributed by atoms with Crippen LogP contribution >= 0.6 is 0 Å². The van der Waals surface area contributed by atoms with Gasteiger partial charge in [0.05, 0.1) is 6.04 Å². The van der Waals surface area contributed by atoms with Crippen molar-refractivity contribution in [1.29, 1.82) is 0 Å². The summed E-state index contributed by atoms with van der Waals surface area (Å²) in [7, 11) is 0. The second-order valence-corrected chi connectivity index (χ2v) is 7.60. The summed E-state index contributed by atoms with van der Waals surface area (Å²) in [4.78, 5) is 19.0. The molecule has 3 rings (SSSR count). The van der Waals surface area contributed by atoms with Crippen molar-refractivity contribution in [2.24, 2.45) is 0 Å². The molecule has 2 aromatic rings. The van der Waals surface area contributed by atoms with Crippen LogP contribution in [0, 0.1) is 13.8 Å². The van der Waals surface area contributed by atoms with Gasteiger partial charge in [0.25, 0.3) is 0 Å². The van der Waals surface area contributed by atoms with Crippen LogP contribution in [-0.4, -0.2) is 37.7 Å². The van der Waals surface area contributed by atoms with Crippen LogP contribution in [0.4, 0.5) is 4.79 Å². The highest BCUT2D eigenvalue weighted by Gasteiger charge is 2.33. The van der Waals surface area contributed by atoms with E-state index in [2.05, 4.69) is 23.1 Å². The van der Waals surface area contributed by atoms with Gasteiger partial charge in [0.1, 0.15) is 5.60 Å². The van der Waals surface area contributed by atoms with Gasteiger partial charge in [-0.15, -0.1) is 5.10 Å². The number of hydrogen-bond acceptors (Lipinski definition) is 4. The van der Waals surface area contributed by atoms with Crippen molar-refractivity contribution >= 4 is 11.7 Å². The van der Waals surface area contributed by atoms with Crippen molar-refractivity contribution in [1.82, 2.24) is 19.5 Å². The lowest BCUT2D eigenvalue weighted by Crippen LogP contribution is -2.42. The largest absolute Gasteiger partial charge is 0.444 e. The number of aromatic nitrogens is 3. The number of hydrogen-bond donors (Lipinski definition) is 0. The summed E-state index contributed by atoms with van der Waals surface area (Å²) in [5.74, 6) is 0.703. The molecule has 0 unspecified atom stereocenters. The highest BCUT2D eigenvalue weighted by Crippen LogP contribution is 2.31. The molecule has 6 nitrogen and oxygen atoms in total. The zero-order chi connectivity index (χ0) is 17.5. The van der Waals surface area contributed by atoms with Gasteiger partial charge in [0.2, 0.25) is 0 Å². The lowest BCUT2D eigenvalue weighted by atomic mass is 10.0. The fourth-order valence-corrected chi connectivity index (χ4v) is 3.21. The Labute approximate surface area is 142 Å². The molecular formula is C18H26N4O2. The zero-order valence-electron chi connectivity index (χ0n) is 15.2. The third-order valence-electron chi connectivity index (χ3n) is 4.20. The molecule has 0 saturated carbocycles. The third kappa shape index (κ3) is 3.37. The Morgan fingerprint density at radius 3 is 2.71 bits per heavy atom. The van der Waals surface area contributed by atoms with Gasteiger partial charge in [0.15, 0.2) is 11.5 Å². The van der Waals surface area contributed by atoms with Crippen molar-refractivity contribution in [2.75, 3.05) is 6.54 Å². The van der Waals surface area contributed by atoms with Crippen LogP contribution in [0.15, 0.2) is 12.1 Å². The fourth-order valence-electron chi connectivity index (χ4n) is 3.21. The molecule has 0 bridgehead atoms. The molecule has 0 aliphatic carbocycles. The van der Waals surface area contributed by atoms with E-state index in [0.717, 1.165) is 36.2 Å². The van der Waals surface area contributed by atoms with Gasteiger partial charge in [-0.05, 0) is 71.6 Å². The topological polar surface area (TPSA) is 59.7 Å². The molecule has 130 valence electrons. The summed E-state index contributed by atoms with van der Waals surface area (Å²) < 4.78 is 7.42. The maximum atomic E-state index is 12.6. The first-order valence-corrected chi connectivity index (χ1v) is 8.58. The van der Waals surface area contributed by atoms with Crippen LogP contribution in [0.1, 0.15) is 63.2 Å². The standard InChI is InChI=1S/C18H26N4O2/c1-12-10-13(2)22-15(11-12)19-16(20-22)14-8-6-7-9-21(14)17(23)24-18(3,4)5/h10-11,14H,6-9H2,1-5H3/t14-/m0/s1. The maximum Gasteiger partial charge on any atom is 0.410 e. The number of piperidine rings is 1. The predicted octanol–water partition coefficient (Wildman–Crippen LogP) is 3.81. The first kappa shape index (κ1) is 16.7. The fraction of sp³-hybridized carbons (Fsp3) is 0.611. The molecule has 6 heteroatoms. The first-order valence-electron chi connectivity index (χ1n) is 8.58. The smallest absolute Gasteiger partial charge is 0.410 e. The molecular weight excluding hydrogens is 304 g/mol. The number of ether oxygens (including phenoxy) is 1. The van der Waals surface area contributed by atoms with Gasteiger partial charge in [0, 0.05) is 12.2 Å². The van der Waals surface area contributed by atoms with Crippen LogP contribution < -0.4 is 0 Å². The predicted molar refractivity (Wildman–Crippen MR) is 92.0 cm³/mol. The molecule has 0 N–H and O–H groups in total. The molecule has 1 aliphatic rings. The van der Waals surface area contributed by atoms with Crippen LogP contribution in [-0.2, 0) is 4.74 Å². The number of carbonyl (C=O) groups is 1. The Kier molecular flexibility index (Phi) is 4.24. The summed E-state index contributed by atoms with van der Waals surface area (Å²) >= 11 is 0. The highest BCUT2D eigenvalue weighted by atomic mass is 16.6. The number of aryl methyl sites for hydroxylation is 2. The van der Waals surface area contributed by atoms with E-state index < -0.39 is 5.60 Å². The maximum absolute atomic E-state index is 12.6. The van der Waals surface area contributed by atoms with Crippen LogP contribution in [0.25, 0.3) is 5.65 Å². The summed E-state index contributed by atoms with van der Waals surface area (Å²) in [5, 5.41) is 4.66. The number of pyridine rings is 1. The summed E-state index contributed by atoms with van der Waals surface area (Å²) in [6, 6.07) is 3.98. The molecule has 1 aliphatic heterocycles. The highest BCUT2D eigenvalue weighted by molar-refractivity contribution is 5.69. The normalized spacial score (nSPS) is 18.9. The lowest BCUT2D eigenvalue weighted by molar-refractivity contribution is 0.00847. The summed E-state index contributed by atoms with van der Waals surface area (Å²) in [6.45, 7) is 10.4. The SMILES string of the molecule is Cc1cc(C)n2nc([C@@H]3CCCCN3C(=O)OC(C)(C)C)nc2c1. The van der Waals surface area contributed by atoms with Crippen LogP contribution in [0.5, 0.6) is 0 Å². The Morgan fingerprint density at radius 2 is 2.00 bits per heavy atom. The van der Waals surface area contributed by atoms with E-state index in [4.69, 9.17) is 4.74 Å². The molecule has 1 saturated heterocycles. The Hall–Kier alpha value is -2.11. The van der Waals surface area contributed by atoms with E-state index in [-0.39, 0.29) is 12.1 Å². The number of rotatable bonds is 1. The van der Waals surface area contributed by atoms with E-state index in [1.54, 1.807) is 4.90 Å². The van der Waals surface area contributed by atoms with Gasteiger partial charge >= 0.3 is 6.09 Å². The molecule has 24 heavy (non-hydrogen) atoms. The van der Waals surface area contributed by atoms with Crippen molar-refractivity contribution in [3.63, 3.8) is 0 Å². The van der Waals surface area contributed by atoms with Gasteiger partial charge in [-0.3, -0.25) is 4.90 Å². The number of likely N-dealkylation sites (tertiary alicyclic amines) is 1. The average molecular weight is 330 g/mol. The van der Waals surface area contributed by atoms with E-state index in [1.807, 2.05) is 38.3 Å². The molecule has 1 atom stereocenters. The molecule has 0 radical (unpaired) electrons. The minimum atomic E-state index is -0.501. The Bertz CT molecular complexity index is 760. The molecule has 0 spiro atoms. The third-order valence-corrected chi connectivity index (χ3v) is 4.20. The van der Waals surface area contributed by atoms with Gasteiger partial charge in [-0.1, -0.05) is 0 Å². The van der Waals surface area contributed by atoms with Gasteiger partial charge < -0.3 is 4.74 Å². The minimum absolute atomic E-state index is 0.117. The minimum Gasteiger partial charge on any atom is -0.444 e. The van der Waals surface area contributed by atoms with Crippen molar-refractivity contribution in [3.05, 3.63) is 29.2 Å². The number of amides is 1. The van der Waals surface area contributed by atoms with E-state index in [9.17, 15) is 4.79 Å². The number of carbonyl (C=O) groups excluding carboxylic acids is 1. The zero-order valence-corrected chi connectivity index (χ0v) is 15.2.